The first-order chi connectivity index (χ1) is 8.62. The third-order valence-electron chi connectivity index (χ3n) is 3.35. The molecule has 0 amide bonds. The summed E-state index contributed by atoms with van der Waals surface area (Å²) in [4.78, 5) is 0. The highest BCUT2D eigenvalue weighted by molar-refractivity contribution is 7.89. The average molecular weight is 303 g/mol. The Hall–Kier alpha value is -0.340. The lowest BCUT2D eigenvalue weighted by Crippen LogP contribution is -2.38. The Morgan fingerprint density at radius 3 is 2.05 bits per heavy atom. The minimum absolute atomic E-state index is 0.205. The van der Waals surface area contributed by atoms with Gasteiger partial charge in [-0.05, 0) is 12.8 Å². The molecule has 1 aliphatic carbocycles. The first-order valence-corrected chi connectivity index (χ1v) is 7.99. The quantitative estimate of drug-likeness (QED) is 0.792. The maximum atomic E-state index is 12.1. The molecule has 0 atom stereocenters. The molecule has 0 aliphatic heterocycles. The number of halogens is 3. The molecule has 4 nitrogen and oxygen atoms in total. The molecule has 114 valence electrons. The molecular weight excluding hydrogens is 283 g/mol. The van der Waals surface area contributed by atoms with E-state index in [9.17, 15) is 21.6 Å². The standard InChI is InChI=1S/C11H20F3NO3S/c12-11(13,14)8-18-7-10(9-19(15,16)17)5-3-1-2-4-6-10/h1-9H2,(H2,15,16,17). The summed E-state index contributed by atoms with van der Waals surface area (Å²) in [5.41, 5.74) is -0.769. The average Bonchev–Trinajstić information content (AvgIpc) is 2.39. The fraction of sp³-hybridized carbons (Fsp3) is 1.00. The van der Waals surface area contributed by atoms with Gasteiger partial charge in [0.15, 0.2) is 0 Å². The van der Waals surface area contributed by atoms with E-state index in [2.05, 4.69) is 0 Å². The van der Waals surface area contributed by atoms with E-state index in [4.69, 9.17) is 9.88 Å². The zero-order valence-electron chi connectivity index (χ0n) is 10.7. The molecule has 1 aliphatic rings. The van der Waals surface area contributed by atoms with Crippen molar-refractivity contribution >= 4 is 10.0 Å². The van der Waals surface area contributed by atoms with Crippen molar-refractivity contribution in [3.05, 3.63) is 0 Å². The van der Waals surface area contributed by atoms with Crippen LogP contribution in [0.2, 0.25) is 0 Å². The highest BCUT2D eigenvalue weighted by Gasteiger charge is 2.37. The number of primary sulfonamides is 1. The first kappa shape index (κ1) is 16.7. The monoisotopic (exact) mass is 303 g/mol. The number of sulfonamides is 1. The molecule has 1 fully saturated rings. The molecule has 0 spiro atoms. The van der Waals surface area contributed by atoms with E-state index in [1.165, 1.54) is 0 Å². The highest BCUT2D eigenvalue weighted by atomic mass is 32.2. The lowest BCUT2D eigenvalue weighted by atomic mass is 9.83. The van der Waals surface area contributed by atoms with Crippen molar-refractivity contribution in [2.24, 2.45) is 10.6 Å². The molecule has 0 bridgehead atoms. The van der Waals surface area contributed by atoms with Crippen LogP contribution in [0, 0.1) is 5.41 Å². The van der Waals surface area contributed by atoms with Gasteiger partial charge < -0.3 is 4.74 Å². The molecule has 0 saturated heterocycles. The summed E-state index contributed by atoms with van der Waals surface area (Å²) in [5.74, 6) is -0.308. The van der Waals surface area contributed by atoms with Crippen LogP contribution < -0.4 is 5.14 Å². The van der Waals surface area contributed by atoms with Crippen LogP contribution in [-0.4, -0.2) is 33.6 Å². The maximum Gasteiger partial charge on any atom is 0.411 e. The number of ether oxygens (including phenoxy) is 1. The van der Waals surface area contributed by atoms with Gasteiger partial charge in [0.25, 0.3) is 0 Å². The molecule has 2 N–H and O–H groups in total. The molecular formula is C11H20F3NO3S. The van der Waals surface area contributed by atoms with Crippen LogP contribution in [-0.2, 0) is 14.8 Å². The molecule has 0 aromatic carbocycles. The van der Waals surface area contributed by atoms with E-state index in [-0.39, 0.29) is 12.4 Å². The van der Waals surface area contributed by atoms with Crippen LogP contribution in [0.15, 0.2) is 0 Å². The summed E-state index contributed by atoms with van der Waals surface area (Å²) in [6.45, 7) is -1.55. The van der Waals surface area contributed by atoms with Gasteiger partial charge in [0.05, 0.1) is 12.4 Å². The van der Waals surface area contributed by atoms with E-state index < -0.39 is 28.2 Å². The minimum Gasteiger partial charge on any atom is -0.371 e. The van der Waals surface area contributed by atoms with E-state index in [1.54, 1.807) is 0 Å². The van der Waals surface area contributed by atoms with Gasteiger partial charge in [0, 0.05) is 5.41 Å². The third kappa shape index (κ3) is 7.12. The van der Waals surface area contributed by atoms with E-state index >= 15 is 0 Å². The van der Waals surface area contributed by atoms with Gasteiger partial charge in [0.2, 0.25) is 10.0 Å². The third-order valence-corrected chi connectivity index (χ3v) is 4.36. The Kier molecular flexibility index (Phi) is 5.64. The lowest BCUT2D eigenvalue weighted by Gasteiger charge is -2.31. The Morgan fingerprint density at radius 1 is 1.11 bits per heavy atom. The molecule has 19 heavy (non-hydrogen) atoms. The Bertz CT molecular complexity index is 373. The second-order valence-electron chi connectivity index (χ2n) is 5.33. The predicted molar refractivity (Wildman–Crippen MR) is 65.0 cm³/mol. The SMILES string of the molecule is NS(=O)(=O)CC1(COCC(F)(F)F)CCCCCC1. The first-order valence-electron chi connectivity index (χ1n) is 6.27. The van der Waals surface area contributed by atoms with Crippen LogP contribution in [0.25, 0.3) is 0 Å². The molecule has 0 aromatic heterocycles. The molecule has 8 heteroatoms. The summed E-state index contributed by atoms with van der Waals surface area (Å²) >= 11 is 0. The van der Waals surface area contributed by atoms with Crippen molar-refractivity contribution in [3.8, 4) is 0 Å². The Morgan fingerprint density at radius 2 is 1.63 bits per heavy atom. The van der Waals surface area contributed by atoms with Gasteiger partial charge in [-0.2, -0.15) is 13.2 Å². The predicted octanol–water partition coefficient (Wildman–Crippen LogP) is 2.19. The van der Waals surface area contributed by atoms with Gasteiger partial charge in [-0.25, -0.2) is 13.6 Å². The van der Waals surface area contributed by atoms with Crippen molar-refractivity contribution in [2.45, 2.75) is 44.7 Å². The van der Waals surface area contributed by atoms with Crippen molar-refractivity contribution in [2.75, 3.05) is 19.0 Å². The fourth-order valence-corrected chi connectivity index (χ4v) is 3.84. The van der Waals surface area contributed by atoms with E-state index in [1.807, 2.05) is 0 Å². The minimum atomic E-state index is -4.40. The van der Waals surface area contributed by atoms with Gasteiger partial charge in [0.1, 0.15) is 6.61 Å². The Labute approximate surface area is 111 Å². The molecule has 0 aromatic rings. The summed E-state index contributed by atoms with van der Waals surface area (Å²) in [6.07, 6.45) is 0.211. The van der Waals surface area contributed by atoms with E-state index in [0.717, 1.165) is 25.7 Å². The second-order valence-corrected chi connectivity index (χ2v) is 6.94. The molecule has 0 heterocycles. The van der Waals surface area contributed by atoms with Gasteiger partial charge in [-0.3, -0.25) is 0 Å². The number of hydrogen-bond donors (Lipinski definition) is 1. The van der Waals surface area contributed by atoms with Gasteiger partial charge >= 0.3 is 6.18 Å². The zero-order chi connectivity index (χ0) is 14.6. The number of alkyl halides is 3. The molecule has 0 unspecified atom stereocenters. The van der Waals surface area contributed by atoms with Crippen LogP contribution in [0.5, 0.6) is 0 Å². The smallest absolute Gasteiger partial charge is 0.371 e. The molecule has 0 radical (unpaired) electrons. The zero-order valence-corrected chi connectivity index (χ0v) is 11.5. The van der Waals surface area contributed by atoms with Crippen molar-refractivity contribution < 1.29 is 26.3 Å². The van der Waals surface area contributed by atoms with Gasteiger partial charge in [-0.1, -0.05) is 25.7 Å². The largest absolute Gasteiger partial charge is 0.411 e. The number of rotatable bonds is 5. The van der Waals surface area contributed by atoms with Crippen molar-refractivity contribution in [1.82, 2.24) is 0 Å². The highest BCUT2D eigenvalue weighted by Crippen LogP contribution is 2.36. The van der Waals surface area contributed by atoms with Crippen molar-refractivity contribution in [3.63, 3.8) is 0 Å². The fourth-order valence-electron chi connectivity index (χ4n) is 2.62. The lowest BCUT2D eigenvalue weighted by molar-refractivity contribution is -0.180. The number of hydrogen-bond acceptors (Lipinski definition) is 3. The summed E-state index contributed by atoms with van der Waals surface area (Å²) in [5, 5.41) is 5.05. The van der Waals surface area contributed by atoms with Crippen LogP contribution in [0.4, 0.5) is 13.2 Å². The topological polar surface area (TPSA) is 69.4 Å². The maximum absolute atomic E-state index is 12.1. The van der Waals surface area contributed by atoms with Gasteiger partial charge in [-0.15, -0.1) is 0 Å². The van der Waals surface area contributed by atoms with Crippen LogP contribution in [0.1, 0.15) is 38.5 Å². The second kappa shape index (κ2) is 6.41. The molecule has 1 saturated carbocycles. The summed E-state index contributed by atoms with van der Waals surface area (Å²) in [6, 6.07) is 0. The Balaban J connectivity index is 2.68. The summed E-state index contributed by atoms with van der Waals surface area (Å²) in [7, 11) is -3.73. The molecule has 1 rings (SSSR count). The van der Waals surface area contributed by atoms with Crippen molar-refractivity contribution in [1.29, 1.82) is 0 Å². The van der Waals surface area contributed by atoms with Crippen LogP contribution >= 0.6 is 0 Å². The number of nitrogens with two attached hydrogens (primary N) is 1. The normalized spacial score (nSPS) is 21.1. The van der Waals surface area contributed by atoms with Crippen LogP contribution in [0.3, 0.4) is 0 Å². The van der Waals surface area contributed by atoms with E-state index in [0.29, 0.717) is 12.8 Å². The summed E-state index contributed by atoms with van der Waals surface area (Å²) < 4.78 is 63.5.